The van der Waals surface area contributed by atoms with E-state index in [1.165, 1.54) is 19.3 Å². The molecule has 3 unspecified atom stereocenters. The fourth-order valence-corrected chi connectivity index (χ4v) is 3.74. The summed E-state index contributed by atoms with van der Waals surface area (Å²) in [4.78, 5) is 0. The first-order valence-electron chi connectivity index (χ1n) is 5.88. The molecule has 1 N–H and O–H groups in total. The van der Waals surface area contributed by atoms with Crippen LogP contribution in [0.15, 0.2) is 11.5 Å². The lowest BCUT2D eigenvalue weighted by Crippen LogP contribution is -2.40. The number of nitrogens with one attached hydrogen (secondary N) is 1. The molecule has 1 aromatic heterocycles. The zero-order valence-corrected chi connectivity index (χ0v) is 11.0. The van der Waals surface area contributed by atoms with E-state index in [0.717, 1.165) is 11.1 Å². The highest BCUT2D eigenvalue weighted by atomic mass is 32.2. The van der Waals surface area contributed by atoms with Crippen LogP contribution in [0.1, 0.15) is 26.2 Å². The van der Waals surface area contributed by atoms with E-state index < -0.39 is 0 Å². The first-order valence-corrected chi connectivity index (χ1v) is 6.76. The number of hydrogen-bond donors (Lipinski definition) is 1. The van der Waals surface area contributed by atoms with Crippen LogP contribution >= 0.6 is 11.8 Å². The second-order valence-electron chi connectivity index (χ2n) is 4.69. The molecular formula is C11H20N4S. The standard InChI is InChI=1S/C11H20N4S/c1-8-4-5-9(12-2)10(6-8)16-11-14-13-7-15(11)3/h7-10,12H,4-6H2,1-3H3. The summed E-state index contributed by atoms with van der Waals surface area (Å²) in [5.41, 5.74) is 0. The van der Waals surface area contributed by atoms with Gasteiger partial charge in [0.1, 0.15) is 6.33 Å². The van der Waals surface area contributed by atoms with Crippen molar-refractivity contribution >= 4 is 11.8 Å². The summed E-state index contributed by atoms with van der Waals surface area (Å²) < 4.78 is 2.00. The third kappa shape index (κ3) is 2.58. The Morgan fingerprint density at radius 1 is 1.50 bits per heavy atom. The van der Waals surface area contributed by atoms with E-state index in [1.807, 2.05) is 23.4 Å². The lowest BCUT2D eigenvalue weighted by atomic mass is 9.87. The average Bonchev–Trinajstić information content (AvgIpc) is 2.65. The van der Waals surface area contributed by atoms with Gasteiger partial charge in [0.15, 0.2) is 5.16 Å². The van der Waals surface area contributed by atoms with Crippen molar-refractivity contribution in [3.8, 4) is 0 Å². The van der Waals surface area contributed by atoms with Crippen LogP contribution in [0.3, 0.4) is 0 Å². The Balaban J connectivity index is 2.03. The van der Waals surface area contributed by atoms with Crippen LogP contribution < -0.4 is 5.32 Å². The fraction of sp³-hybridized carbons (Fsp3) is 0.818. The Bertz CT molecular complexity index is 338. The van der Waals surface area contributed by atoms with Crippen LogP contribution in [-0.2, 0) is 7.05 Å². The van der Waals surface area contributed by atoms with Crippen LogP contribution in [0, 0.1) is 5.92 Å². The SMILES string of the molecule is CNC1CCC(C)CC1Sc1nncn1C. The Morgan fingerprint density at radius 2 is 2.31 bits per heavy atom. The minimum absolute atomic E-state index is 0.609. The molecular weight excluding hydrogens is 220 g/mol. The Kier molecular flexibility index (Phi) is 3.86. The predicted octanol–water partition coefficient (Wildman–Crippen LogP) is 1.68. The maximum Gasteiger partial charge on any atom is 0.191 e. The zero-order valence-electron chi connectivity index (χ0n) is 10.2. The van der Waals surface area contributed by atoms with Crippen LogP contribution in [-0.4, -0.2) is 33.1 Å². The molecule has 0 radical (unpaired) electrons. The molecule has 4 nitrogen and oxygen atoms in total. The molecule has 0 saturated heterocycles. The molecule has 5 heteroatoms. The van der Waals surface area contributed by atoms with Crippen molar-refractivity contribution in [2.24, 2.45) is 13.0 Å². The van der Waals surface area contributed by atoms with Gasteiger partial charge in [0.2, 0.25) is 0 Å². The quantitative estimate of drug-likeness (QED) is 0.873. The monoisotopic (exact) mass is 240 g/mol. The number of aromatic nitrogens is 3. The molecule has 1 saturated carbocycles. The summed E-state index contributed by atoms with van der Waals surface area (Å²) in [5.74, 6) is 0.829. The topological polar surface area (TPSA) is 42.7 Å². The molecule has 90 valence electrons. The van der Waals surface area contributed by atoms with E-state index in [1.54, 1.807) is 6.33 Å². The normalized spacial score (nSPS) is 30.6. The van der Waals surface area contributed by atoms with Gasteiger partial charge in [-0.25, -0.2) is 0 Å². The largest absolute Gasteiger partial charge is 0.316 e. The van der Waals surface area contributed by atoms with Crippen molar-refractivity contribution in [1.82, 2.24) is 20.1 Å². The summed E-state index contributed by atoms with van der Waals surface area (Å²) in [6, 6.07) is 0.609. The van der Waals surface area contributed by atoms with Crippen molar-refractivity contribution in [2.75, 3.05) is 7.05 Å². The average molecular weight is 240 g/mol. The van der Waals surface area contributed by atoms with Crippen molar-refractivity contribution < 1.29 is 0 Å². The summed E-state index contributed by atoms with van der Waals surface area (Å²) in [5, 5.41) is 13.2. The van der Waals surface area contributed by atoms with Crippen LogP contribution in [0.4, 0.5) is 0 Å². The molecule has 0 bridgehead atoms. The van der Waals surface area contributed by atoms with Crippen molar-refractivity contribution in [3.63, 3.8) is 0 Å². The molecule has 2 rings (SSSR count). The molecule has 1 aromatic rings. The molecule has 0 spiro atoms. The Morgan fingerprint density at radius 3 is 2.94 bits per heavy atom. The highest BCUT2D eigenvalue weighted by Crippen LogP contribution is 2.35. The number of nitrogens with zero attached hydrogens (tertiary/aromatic N) is 3. The zero-order chi connectivity index (χ0) is 11.5. The van der Waals surface area contributed by atoms with Gasteiger partial charge >= 0.3 is 0 Å². The minimum Gasteiger partial charge on any atom is -0.316 e. The van der Waals surface area contributed by atoms with E-state index in [0.29, 0.717) is 11.3 Å². The number of rotatable bonds is 3. The van der Waals surface area contributed by atoms with Crippen LogP contribution in [0.25, 0.3) is 0 Å². The summed E-state index contributed by atoms with van der Waals surface area (Å²) in [6.07, 6.45) is 5.64. The second-order valence-corrected chi connectivity index (χ2v) is 5.90. The smallest absolute Gasteiger partial charge is 0.191 e. The highest BCUT2D eigenvalue weighted by Gasteiger charge is 2.29. The maximum absolute atomic E-state index is 4.15. The molecule has 0 amide bonds. The highest BCUT2D eigenvalue weighted by molar-refractivity contribution is 7.99. The van der Waals surface area contributed by atoms with Gasteiger partial charge in [-0.3, -0.25) is 0 Å². The van der Waals surface area contributed by atoms with Gasteiger partial charge in [-0.05, 0) is 32.2 Å². The third-order valence-corrected chi connectivity index (χ3v) is 4.76. The molecule has 1 aliphatic rings. The fourth-order valence-electron chi connectivity index (χ4n) is 2.30. The molecule has 0 aromatic carbocycles. The molecule has 3 atom stereocenters. The van der Waals surface area contributed by atoms with Gasteiger partial charge < -0.3 is 9.88 Å². The van der Waals surface area contributed by atoms with E-state index in [2.05, 4.69) is 29.5 Å². The lowest BCUT2D eigenvalue weighted by molar-refractivity contribution is 0.328. The molecule has 1 fully saturated rings. The van der Waals surface area contributed by atoms with Gasteiger partial charge in [0, 0.05) is 18.3 Å². The molecule has 1 heterocycles. The maximum atomic E-state index is 4.15. The lowest BCUT2D eigenvalue weighted by Gasteiger charge is -2.33. The third-order valence-electron chi connectivity index (χ3n) is 3.35. The van der Waals surface area contributed by atoms with Gasteiger partial charge in [-0.1, -0.05) is 18.7 Å². The first-order chi connectivity index (χ1) is 7.70. The Hall–Kier alpha value is -0.550. The molecule has 1 aliphatic carbocycles. The van der Waals surface area contributed by atoms with Crippen LogP contribution in [0.2, 0.25) is 0 Å². The molecule has 0 aliphatic heterocycles. The van der Waals surface area contributed by atoms with E-state index in [4.69, 9.17) is 0 Å². The van der Waals surface area contributed by atoms with Gasteiger partial charge in [-0.15, -0.1) is 10.2 Å². The van der Waals surface area contributed by atoms with E-state index in [-0.39, 0.29) is 0 Å². The van der Waals surface area contributed by atoms with Gasteiger partial charge in [0.05, 0.1) is 0 Å². The summed E-state index contributed by atoms with van der Waals surface area (Å²) >= 11 is 1.86. The van der Waals surface area contributed by atoms with Crippen molar-refractivity contribution in [3.05, 3.63) is 6.33 Å². The molecule has 16 heavy (non-hydrogen) atoms. The number of thioether (sulfide) groups is 1. The van der Waals surface area contributed by atoms with Gasteiger partial charge in [-0.2, -0.15) is 0 Å². The second kappa shape index (κ2) is 5.19. The van der Waals surface area contributed by atoms with Crippen molar-refractivity contribution in [1.29, 1.82) is 0 Å². The summed E-state index contributed by atoms with van der Waals surface area (Å²) in [6.45, 7) is 2.34. The summed E-state index contributed by atoms with van der Waals surface area (Å²) in [7, 11) is 4.06. The van der Waals surface area contributed by atoms with E-state index >= 15 is 0 Å². The Labute approximate surface area is 101 Å². The van der Waals surface area contributed by atoms with Gasteiger partial charge in [0.25, 0.3) is 0 Å². The predicted molar refractivity (Wildman–Crippen MR) is 66.5 cm³/mol. The minimum atomic E-state index is 0.609. The number of hydrogen-bond acceptors (Lipinski definition) is 4. The van der Waals surface area contributed by atoms with Crippen molar-refractivity contribution in [2.45, 2.75) is 42.6 Å². The van der Waals surface area contributed by atoms with E-state index in [9.17, 15) is 0 Å². The van der Waals surface area contributed by atoms with Crippen LogP contribution in [0.5, 0.6) is 0 Å². The number of aryl methyl sites for hydroxylation is 1. The first kappa shape index (κ1) is 11.9.